The highest BCUT2D eigenvalue weighted by atomic mass is 35.5. The smallest absolute Gasteiger partial charge is 0.400 e. The predicted molar refractivity (Wildman–Crippen MR) is 119 cm³/mol. The van der Waals surface area contributed by atoms with E-state index in [0.29, 0.717) is 26.8 Å². The minimum atomic E-state index is -0.640. The summed E-state index contributed by atoms with van der Waals surface area (Å²) >= 11 is 7.24. The lowest BCUT2D eigenvalue weighted by Crippen LogP contribution is -2.11. The number of nitro groups is 2. The quantitative estimate of drug-likeness (QED) is 0.212. The van der Waals surface area contributed by atoms with Gasteiger partial charge in [0.15, 0.2) is 5.76 Å². The second-order valence-corrected chi connectivity index (χ2v) is 7.56. The summed E-state index contributed by atoms with van der Waals surface area (Å²) in [5.74, 6) is -0.217. The van der Waals surface area contributed by atoms with Crippen LogP contribution in [0.5, 0.6) is 0 Å². The van der Waals surface area contributed by atoms with Crippen molar-refractivity contribution in [2.75, 3.05) is 0 Å². The van der Waals surface area contributed by atoms with Gasteiger partial charge in [0.1, 0.15) is 4.92 Å². The van der Waals surface area contributed by atoms with Crippen LogP contribution < -0.4 is 4.80 Å². The van der Waals surface area contributed by atoms with Gasteiger partial charge in [-0.15, -0.1) is 11.3 Å². The number of hydrogen-bond donors (Lipinski definition) is 0. The molecule has 12 heteroatoms. The van der Waals surface area contributed by atoms with Crippen LogP contribution in [0, 0.1) is 20.2 Å². The van der Waals surface area contributed by atoms with Gasteiger partial charge in [0.25, 0.3) is 5.69 Å². The molecule has 0 radical (unpaired) electrons. The zero-order valence-corrected chi connectivity index (χ0v) is 17.6. The van der Waals surface area contributed by atoms with Crippen molar-refractivity contribution in [2.24, 2.45) is 10.1 Å². The molecule has 4 aromatic rings. The Morgan fingerprint density at radius 1 is 0.969 bits per heavy atom. The van der Waals surface area contributed by atoms with Gasteiger partial charge >= 0.3 is 5.88 Å². The van der Waals surface area contributed by atoms with E-state index in [1.165, 1.54) is 46.5 Å². The van der Waals surface area contributed by atoms with Gasteiger partial charge < -0.3 is 4.42 Å². The SMILES string of the molecule is O=[N+]([O-])c1ccc(-c2csc(=Nc3ccc(Cl)cc3)n2N=Cc2ccc([N+](=O)[O-])o2)cc1. The molecule has 0 unspecified atom stereocenters. The second kappa shape index (κ2) is 8.96. The van der Waals surface area contributed by atoms with Crippen LogP contribution in [0.15, 0.2) is 80.6 Å². The molecule has 10 nitrogen and oxygen atoms in total. The molecule has 2 heterocycles. The van der Waals surface area contributed by atoms with Gasteiger partial charge in [-0.3, -0.25) is 20.2 Å². The first-order valence-corrected chi connectivity index (χ1v) is 10.2. The van der Waals surface area contributed by atoms with Gasteiger partial charge in [0.2, 0.25) is 4.80 Å². The van der Waals surface area contributed by atoms with Gasteiger partial charge in [-0.25, -0.2) is 9.67 Å². The molecule has 0 aliphatic heterocycles. The molecule has 160 valence electrons. The molecule has 0 fully saturated rings. The zero-order chi connectivity index (χ0) is 22.7. The number of rotatable bonds is 6. The maximum absolute atomic E-state index is 11.0. The van der Waals surface area contributed by atoms with Gasteiger partial charge in [-0.1, -0.05) is 11.6 Å². The minimum Gasteiger partial charge on any atom is -0.400 e. The highest BCUT2D eigenvalue weighted by Gasteiger charge is 2.13. The summed E-state index contributed by atoms with van der Waals surface area (Å²) in [5.41, 5.74) is 1.90. The van der Waals surface area contributed by atoms with E-state index in [1.54, 1.807) is 41.8 Å². The van der Waals surface area contributed by atoms with Crippen LogP contribution in [0.2, 0.25) is 5.02 Å². The van der Waals surface area contributed by atoms with E-state index < -0.39 is 15.7 Å². The number of aromatic nitrogens is 1. The fourth-order valence-electron chi connectivity index (χ4n) is 2.69. The van der Waals surface area contributed by atoms with Gasteiger partial charge in [-0.05, 0) is 42.5 Å². The maximum atomic E-state index is 11.0. The normalized spacial score (nSPS) is 11.8. The largest absolute Gasteiger partial charge is 0.433 e. The van der Waals surface area contributed by atoms with Gasteiger partial charge in [-0.2, -0.15) is 5.10 Å². The average Bonchev–Trinajstić information content (AvgIpc) is 3.41. The van der Waals surface area contributed by atoms with E-state index in [4.69, 9.17) is 16.0 Å². The van der Waals surface area contributed by atoms with Crippen LogP contribution in [0.3, 0.4) is 0 Å². The van der Waals surface area contributed by atoms with Crippen molar-refractivity contribution in [1.29, 1.82) is 0 Å². The molecule has 0 saturated heterocycles. The number of furan rings is 1. The number of hydrogen-bond acceptors (Lipinski definition) is 8. The summed E-state index contributed by atoms with van der Waals surface area (Å²) in [6.45, 7) is 0. The van der Waals surface area contributed by atoms with Crippen molar-refractivity contribution < 1.29 is 14.3 Å². The fraction of sp³-hybridized carbons (Fsp3) is 0. The first-order chi connectivity index (χ1) is 15.4. The number of non-ortho nitro benzene ring substituents is 1. The van der Waals surface area contributed by atoms with Crippen molar-refractivity contribution >= 4 is 46.4 Å². The first-order valence-electron chi connectivity index (χ1n) is 8.95. The third-order valence-electron chi connectivity index (χ3n) is 4.20. The van der Waals surface area contributed by atoms with E-state index in [2.05, 4.69) is 10.1 Å². The Morgan fingerprint density at radius 3 is 2.31 bits per heavy atom. The Bertz CT molecular complexity index is 1390. The molecule has 0 aliphatic carbocycles. The summed E-state index contributed by atoms with van der Waals surface area (Å²) in [5, 5.41) is 28.6. The molecule has 0 amide bonds. The van der Waals surface area contributed by atoms with Crippen LogP contribution in [-0.4, -0.2) is 20.7 Å². The summed E-state index contributed by atoms with van der Waals surface area (Å²) in [7, 11) is 0. The molecule has 2 aromatic heterocycles. The molecule has 4 rings (SSSR count). The van der Waals surface area contributed by atoms with Crippen molar-refractivity contribution in [2.45, 2.75) is 0 Å². The standard InChI is InChI=1S/C20H12ClN5O5S/c21-14-3-5-15(6-4-14)23-20-24(22-11-17-9-10-19(31-17)26(29)30)18(12-32-20)13-1-7-16(8-2-13)25(27)28/h1-12H. The number of nitrogens with zero attached hydrogens (tertiary/aromatic N) is 5. The number of thiazole rings is 1. The zero-order valence-electron chi connectivity index (χ0n) is 16.0. The summed E-state index contributed by atoms with van der Waals surface area (Å²) in [6.07, 6.45) is 1.33. The van der Waals surface area contributed by atoms with E-state index in [-0.39, 0.29) is 11.4 Å². The molecular weight excluding hydrogens is 458 g/mol. The van der Waals surface area contributed by atoms with Crippen LogP contribution in [-0.2, 0) is 0 Å². The van der Waals surface area contributed by atoms with Crippen LogP contribution >= 0.6 is 22.9 Å². The molecule has 0 saturated carbocycles. The number of nitro benzene ring substituents is 1. The minimum absolute atomic E-state index is 0.0343. The Kier molecular flexibility index (Phi) is 5.92. The van der Waals surface area contributed by atoms with Crippen LogP contribution in [0.4, 0.5) is 17.3 Å². The first kappa shape index (κ1) is 21.2. The monoisotopic (exact) mass is 469 g/mol. The Morgan fingerprint density at radius 2 is 1.69 bits per heavy atom. The van der Waals surface area contributed by atoms with E-state index >= 15 is 0 Å². The van der Waals surface area contributed by atoms with E-state index in [1.807, 2.05) is 0 Å². The number of benzene rings is 2. The van der Waals surface area contributed by atoms with Crippen molar-refractivity contribution in [3.05, 3.63) is 102 Å². The summed E-state index contributed by atoms with van der Waals surface area (Å²) in [6, 6.07) is 15.6. The highest BCUT2D eigenvalue weighted by molar-refractivity contribution is 7.07. The molecule has 0 bridgehead atoms. The van der Waals surface area contributed by atoms with Crippen molar-refractivity contribution in [3.8, 4) is 11.3 Å². The highest BCUT2D eigenvalue weighted by Crippen LogP contribution is 2.24. The van der Waals surface area contributed by atoms with Crippen molar-refractivity contribution in [1.82, 2.24) is 4.68 Å². The lowest BCUT2D eigenvalue weighted by molar-refractivity contribution is -0.402. The molecular formula is C20H12ClN5O5S. The Hall–Kier alpha value is -4.09. The van der Waals surface area contributed by atoms with Crippen LogP contribution in [0.25, 0.3) is 11.3 Å². The average molecular weight is 470 g/mol. The van der Waals surface area contributed by atoms with E-state index in [9.17, 15) is 20.2 Å². The summed E-state index contributed by atoms with van der Waals surface area (Å²) in [4.78, 5) is 25.7. The molecule has 0 atom stereocenters. The maximum Gasteiger partial charge on any atom is 0.433 e. The van der Waals surface area contributed by atoms with E-state index in [0.717, 1.165) is 0 Å². The third kappa shape index (κ3) is 4.63. The molecule has 0 aliphatic rings. The molecule has 32 heavy (non-hydrogen) atoms. The predicted octanol–water partition coefficient (Wildman–Crippen LogP) is 5.39. The molecule has 2 aromatic carbocycles. The Balaban J connectivity index is 1.80. The lowest BCUT2D eigenvalue weighted by Gasteiger charge is -2.03. The van der Waals surface area contributed by atoms with Gasteiger partial charge in [0, 0.05) is 28.1 Å². The topological polar surface area (TPSA) is 129 Å². The third-order valence-corrected chi connectivity index (χ3v) is 5.27. The fourth-order valence-corrected chi connectivity index (χ4v) is 3.67. The Labute approximate surface area is 188 Å². The van der Waals surface area contributed by atoms with Crippen molar-refractivity contribution in [3.63, 3.8) is 0 Å². The second-order valence-electron chi connectivity index (χ2n) is 6.29. The van der Waals surface area contributed by atoms with Gasteiger partial charge in [0.05, 0.1) is 28.6 Å². The number of halogens is 1. The molecule has 0 N–H and O–H groups in total. The lowest BCUT2D eigenvalue weighted by atomic mass is 10.1. The molecule has 0 spiro atoms. The van der Waals surface area contributed by atoms with Crippen LogP contribution in [0.1, 0.15) is 5.76 Å². The summed E-state index contributed by atoms with van der Waals surface area (Å²) < 4.78 is 6.65.